The summed E-state index contributed by atoms with van der Waals surface area (Å²) in [4.78, 5) is 10.3. The lowest BCUT2D eigenvalue weighted by molar-refractivity contribution is -0.143. The molecule has 0 saturated heterocycles. The molecule has 0 radical (unpaired) electrons. The number of ether oxygens (including phenoxy) is 1. The Bertz CT molecular complexity index is 634. The largest absolute Gasteiger partial charge is 0.466 e. The van der Waals surface area contributed by atoms with Crippen molar-refractivity contribution in [1.82, 2.24) is 4.31 Å². The number of anilines is 1. The standard InChI is InChI=1S/C12H16F2N2O4S/c1-3-20-11(17)4-5-16(2)21(18,19)10-7-8(15)6-9(13)12(10)14/h6-7H,3-5,15H2,1-2H3. The SMILES string of the molecule is CCOC(=O)CCN(C)S(=O)(=O)c1cc(N)cc(F)c1F. The van der Waals surface area contributed by atoms with Gasteiger partial charge in [-0.1, -0.05) is 0 Å². The number of rotatable bonds is 6. The predicted molar refractivity (Wildman–Crippen MR) is 71.8 cm³/mol. The molecule has 0 spiro atoms. The fraction of sp³-hybridized carbons (Fsp3) is 0.417. The zero-order valence-electron chi connectivity index (χ0n) is 11.6. The van der Waals surface area contributed by atoms with Crippen LogP contribution in [0.4, 0.5) is 14.5 Å². The second-order valence-electron chi connectivity index (χ2n) is 4.20. The molecular formula is C12H16F2N2O4S. The van der Waals surface area contributed by atoms with Crippen LogP contribution in [0.1, 0.15) is 13.3 Å². The molecule has 0 aliphatic carbocycles. The molecule has 0 unspecified atom stereocenters. The zero-order valence-corrected chi connectivity index (χ0v) is 12.4. The highest BCUT2D eigenvalue weighted by Crippen LogP contribution is 2.23. The normalized spacial score (nSPS) is 11.7. The molecule has 0 aliphatic heterocycles. The lowest BCUT2D eigenvalue weighted by atomic mass is 10.3. The van der Waals surface area contributed by atoms with Crippen LogP contribution >= 0.6 is 0 Å². The summed E-state index contributed by atoms with van der Waals surface area (Å²) in [5, 5.41) is 0. The quantitative estimate of drug-likeness (QED) is 0.626. The van der Waals surface area contributed by atoms with Gasteiger partial charge >= 0.3 is 5.97 Å². The van der Waals surface area contributed by atoms with Crippen LogP contribution in [0.15, 0.2) is 17.0 Å². The van der Waals surface area contributed by atoms with Crippen molar-refractivity contribution < 1.29 is 26.7 Å². The molecule has 9 heteroatoms. The van der Waals surface area contributed by atoms with Crippen molar-refractivity contribution in [3.05, 3.63) is 23.8 Å². The number of sulfonamides is 1. The van der Waals surface area contributed by atoms with Gasteiger partial charge in [0, 0.05) is 19.3 Å². The van der Waals surface area contributed by atoms with E-state index in [9.17, 15) is 22.0 Å². The van der Waals surface area contributed by atoms with Gasteiger partial charge in [0.1, 0.15) is 4.90 Å². The van der Waals surface area contributed by atoms with E-state index in [2.05, 4.69) is 4.74 Å². The number of halogens is 2. The molecule has 0 atom stereocenters. The van der Waals surface area contributed by atoms with Crippen molar-refractivity contribution in [3.8, 4) is 0 Å². The van der Waals surface area contributed by atoms with Gasteiger partial charge < -0.3 is 10.5 Å². The van der Waals surface area contributed by atoms with Gasteiger partial charge in [0.25, 0.3) is 0 Å². The average Bonchev–Trinajstić information content (AvgIpc) is 2.40. The smallest absolute Gasteiger partial charge is 0.307 e. The van der Waals surface area contributed by atoms with E-state index in [0.29, 0.717) is 6.07 Å². The summed E-state index contributed by atoms with van der Waals surface area (Å²) >= 11 is 0. The molecule has 0 aromatic heterocycles. The number of esters is 1. The van der Waals surface area contributed by atoms with Gasteiger partial charge in [0.15, 0.2) is 11.6 Å². The van der Waals surface area contributed by atoms with Crippen LogP contribution in [-0.2, 0) is 19.6 Å². The lowest BCUT2D eigenvalue weighted by Gasteiger charge is -2.17. The molecule has 6 nitrogen and oxygen atoms in total. The van der Waals surface area contributed by atoms with Gasteiger partial charge in [-0.2, -0.15) is 0 Å². The molecule has 0 fully saturated rings. The van der Waals surface area contributed by atoms with E-state index in [1.165, 1.54) is 0 Å². The minimum atomic E-state index is -4.29. The van der Waals surface area contributed by atoms with Gasteiger partial charge in [-0.25, -0.2) is 21.5 Å². The van der Waals surface area contributed by atoms with E-state index in [0.717, 1.165) is 17.4 Å². The summed E-state index contributed by atoms with van der Waals surface area (Å²) < 4.78 is 56.5. The second-order valence-corrected chi connectivity index (χ2v) is 6.21. The zero-order chi connectivity index (χ0) is 16.2. The molecule has 0 amide bonds. The third kappa shape index (κ3) is 4.11. The number of hydrogen-bond donors (Lipinski definition) is 1. The van der Waals surface area contributed by atoms with Crippen molar-refractivity contribution in [2.45, 2.75) is 18.2 Å². The minimum Gasteiger partial charge on any atom is -0.466 e. The highest BCUT2D eigenvalue weighted by Gasteiger charge is 2.27. The molecule has 118 valence electrons. The van der Waals surface area contributed by atoms with E-state index in [4.69, 9.17) is 5.73 Å². The molecule has 0 aliphatic rings. The Morgan fingerprint density at radius 2 is 2.00 bits per heavy atom. The van der Waals surface area contributed by atoms with Crippen molar-refractivity contribution in [2.75, 3.05) is 25.9 Å². The van der Waals surface area contributed by atoms with Crippen LogP contribution in [0, 0.1) is 11.6 Å². The molecule has 0 heterocycles. The van der Waals surface area contributed by atoms with Crippen molar-refractivity contribution in [3.63, 3.8) is 0 Å². The number of carbonyl (C=O) groups is 1. The van der Waals surface area contributed by atoms with Crippen LogP contribution in [0.25, 0.3) is 0 Å². The Balaban J connectivity index is 2.98. The van der Waals surface area contributed by atoms with Crippen LogP contribution in [0.2, 0.25) is 0 Å². The first kappa shape index (κ1) is 17.3. The number of nitrogens with two attached hydrogens (primary N) is 1. The highest BCUT2D eigenvalue weighted by atomic mass is 32.2. The van der Waals surface area contributed by atoms with E-state index >= 15 is 0 Å². The van der Waals surface area contributed by atoms with E-state index in [1.54, 1.807) is 6.92 Å². The van der Waals surface area contributed by atoms with E-state index in [1.807, 2.05) is 0 Å². The molecule has 0 saturated carbocycles. The molecule has 1 aromatic carbocycles. The van der Waals surface area contributed by atoms with Gasteiger partial charge in [-0.15, -0.1) is 0 Å². The summed E-state index contributed by atoms with van der Waals surface area (Å²) in [6, 6.07) is 1.52. The first-order valence-corrected chi connectivity index (χ1v) is 7.50. The Hall–Kier alpha value is -1.74. The van der Waals surface area contributed by atoms with Crippen LogP contribution in [0.5, 0.6) is 0 Å². The van der Waals surface area contributed by atoms with Crippen molar-refractivity contribution >= 4 is 21.7 Å². The average molecular weight is 322 g/mol. The van der Waals surface area contributed by atoms with Crippen LogP contribution < -0.4 is 5.73 Å². The van der Waals surface area contributed by atoms with E-state index < -0.39 is 32.5 Å². The summed E-state index contributed by atoms with van der Waals surface area (Å²) in [6.07, 6.45) is -0.198. The van der Waals surface area contributed by atoms with Gasteiger partial charge in [0.05, 0.1) is 13.0 Å². The molecule has 21 heavy (non-hydrogen) atoms. The molecule has 1 aromatic rings. The summed E-state index contributed by atoms with van der Waals surface area (Å²) in [5.41, 5.74) is 5.11. The van der Waals surface area contributed by atoms with Crippen LogP contribution in [-0.4, -0.2) is 38.9 Å². The predicted octanol–water partition coefficient (Wildman–Crippen LogP) is 1.12. The lowest BCUT2D eigenvalue weighted by Crippen LogP contribution is -2.30. The summed E-state index contributed by atoms with van der Waals surface area (Å²) in [7, 11) is -3.15. The van der Waals surface area contributed by atoms with Crippen LogP contribution in [0.3, 0.4) is 0 Å². The first-order chi connectivity index (χ1) is 9.70. The molecule has 2 N–H and O–H groups in total. The number of nitrogen functional groups attached to an aromatic ring is 1. The van der Waals surface area contributed by atoms with Gasteiger partial charge in [-0.3, -0.25) is 4.79 Å². The monoisotopic (exact) mass is 322 g/mol. The number of benzene rings is 1. The van der Waals surface area contributed by atoms with Crippen molar-refractivity contribution in [2.24, 2.45) is 0 Å². The third-order valence-corrected chi connectivity index (χ3v) is 4.50. The molecule has 1 rings (SSSR count). The highest BCUT2D eigenvalue weighted by molar-refractivity contribution is 7.89. The van der Waals surface area contributed by atoms with Gasteiger partial charge in [-0.05, 0) is 19.1 Å². The van der Waals surface area contributed by atoms with Gasteiger partial charge in [0.2, 0.25) is 10.0 Å². The molecule has 0 bridgehead atoms. The van der Waals surface area contributed by atoms with E-state index in [-0.39, 0.29) is 25.3 Å². The number of carbonyl (C=O) groups excluding carboxylic acids is 1. The Morgan fingerprint density at radius 3 is 2.57 bits per heavy atom. The fourth-order valence-corrected chi connectivity index (χ4v) is 2.82. The second kappa shape index (κ2) is 6.81. The maximum atomic E-state index is 13.6. The third-order valence-electron chi connectivity index (χ3n) is 2.64. The summed E-state index contributed by atoms with van der Waals surface area (Å²) in [5.74, 6) is -3.45. The maximum absolute atomic E-state index is 13.6. The Kier molecular flexibility index (Phi) is 5.62. The Morgan fingerprint density at radius 1 is 1.38 bits per heavy atom. The first-order valence-electron chi connectivity index (χ1n) is 6.06. The Labute approximate surface area is 121 Å². The topological polar surface area (TPSA) is 89.7 Å². The van der Waals surface area contributed by atoms with Crippen molar-refractivity contribution in [1.29, 1.82) is 0 Å². The maximum Gasteiger partial charge on any atom is 0.307 e. The fourth-order valence-electron chi connectivity index (χ4n) is 1.54. The molecular weight excluding hydrogens is 306 g/mol. The summed E-state index contributed by atoms with van der Waals surface area (Å²) in [6.45, 7) is 1.56. The minimum absolute atomic E-state index is 0.171. The number of hydrogen-bond acceptors (Lipinski definition) is 5. The number of nitrogens with zero attached hydrogens (tertiary/aromatic N) is 1.